The number of halogens is 1. The molecule has 2 heterocycles. The molecule has 5 nitrogen and oxygen atoms in total. The number of rotatable bonds is 8. The van der Waals surface area contributed by atoms with Gasteiger partial charge in [0.25, 0.3) is 0 Å². The molecule has 0 fully saturated rings. The molecule has 21 heavy (non-hydrogen) atoms. The van der Waals surface area contributed by atoms with Crippen molar-refractivity contribution in [3.05, 3.63) is 28.3 Å². The highest BCUT2D eigenvalue weighted by atomic mass is 35.5. The standard InChI is InChI=1S/C14H22ClN5S/c1-4-7-16-11(12-9-17-21-19-12)8-13-14(15)10(5-2)18-20(13)6-3/h9,11,16H,4-8H2,1-3H3. The van der Waals surface area contributed by atoms with Crippen LogP contribution >= 0.6 is 23.3 Å². The zero-order chi connectivity index (χ0) is 15.2. The van der Waals surface area contributed by atoms with Gasteiger partial charge in [-0.15, -0.1) is 0 Å². The number of hydrogen-bond acceptors (Lipinski definition) is 5. The Bertz CT molecular complexity index is 552. The fraction of sp³-hybridized carbons (Fsp3) is 0.643. The second-order valence-electron chi connectivity index (χ2n) is 4.92. The van der Waals surface area contributed by atoms with Crippen LogP contribution in [0.5, 0.6) is 0 Å². The van der Waals surface area contributed by atoms with E-state index in [1.807, 2.05) is 10.9 Å². The van der Waals surface area contributed by atoms with Crippen molar-refractivity contribution in [3.63, 3.8) is 0 Å². The van der Waals surface area contributed by atoms with E-state index < -0.39 is 0 Å². The summed E-state index contributed by atoms with van der Waals surface area (Å²) in [7, 11) is 0. The van der Waals surface area contributed by atoms with Crippen molar-refractivity contribution in [1.82, 2.24) is 23.8 Å². The number of aromatic nitrogens is 4. The van der Waals surface area contributed by atoms with Crippen LogP contribution in [0, 0.1) is 0 Å². The Hall–Kier alpha value is -0.980. The maximum absolute atomic E-state index is 6.50. The second kappa shape index (κ2) is 7.87. The number of aryl methyl sites for hydroxylation is 2. The third kappa shape index (κ3) is 3.81. The molecular weight excluding hydrogens is 306 g/mol. The third-order valence-corrected chi connectivity index (χ3v) is 4.40. The lowest BCUT2D eigenvalue weighted by Crippen LogP contribution is -2.25. The molecule has 0 aliphatic rings. The van der Waals surface area contributed by atoms with Crippen molar-refractivity contribution >= 4 is 23.3 Å². The van der Waals surface area contributed by atoms with Crippen molar-refractivity contribution in [2.75, 3.05) is 6.54 Å². The van der Waals surface area contributed by atoms with E-state index in [0.29, 0.717) is 0 Å². The summed E-state index contributed by atoms with van der Waals surface area (Å²) in [6, 6.07) is 0.132. The highest BCUT2D eigenvalue weighted by Crippen LogP contribution is 2.26. The van der Waals surface area contributed by atoms with Gasteiger partial charge in [-0.1, -0.05) is 25.4 Å². The first-order valence-electron chi connectivity index (χ1n) is 7.46. The molecule has 0 aromatic carbocycles. The lowest BCUT2D eigenvalue weighted by Gasteiger charge is -2.17. The number of hydrogen-bond donors (Lipinski definition) is 1. The Kier molecular flexibility index (Phi) is 6.14. The van der Waals surface area contributed by atoms with Gasteiger partial charge in [-0.3, -0.25) is 4.68 Å². The second-order valence-corrected chi connectivity index (χ2v) is 5.85. The maximum Gasteiger partial charge on any atom is 0.0916 e. The molecule has 1 N–H and O–H groups in total. The quantitative estimate of drug-likeness (QED) is 0.808. The summed E-state index contributed by atoms with van der Waals surface area (Å²) in [5.41, 5.74) is 3.03. The number of nitrogens with zero attached hydrogens (tertiary/aromatic N) is 4. The summed E-state index contributed by atoms with van der Waals surface area (Å²) in [4.78, 5) is 0. The minimum atomic E-state index is 0.132. The Labute approximate surface area is 135 Å². The van der Waals surface area contributed by atoms with E-state index in [9.17, 15) is 0 Å². The molecule has 0 bridgehead atoms. The molecule has 0 saturated heterocycles. The SMILES string of the molecule is CCCNC(Cc1c(Cl)c(CC)nn1CC)c1cnsn1. The molecule has 116 valence electrons. The van der Waals surface area contributed by atoms with E-state index in [2.05, 4.69) is 39.9 Å². The molecule has 0 radical (unpaired) electrons. The van der Waals surface area contributed by atoms with Crippen LogP contribution in [0.1, 0.15) is 50.3 Å². The summed E-state index contributed by atoms with van der Waals surface area (Å²) in [5.74, 6) is 0. The van der Waals surface area contributed by atoms with Gasteiger partial charge < -0.3 is 5.32 Å². The van der Waals surface area contributed by atoms with Crippen molar-refractivity contribution in [1.29, 1.82) is 0 Å². The molecule has 0 saturated carbocycles. The van der Waals surface area contributed by atoms with Gasteiger partial charge in [0.05, 0.1) is 46.1 Å². The Morgan fingerprint density at radius 3 is 2.76 bits per heavy atom. The van der Waals surface area contributed by atoms with Crippen molar-refractivity contribution in [2.45, 2.75) is 52.6 Å². The highest BCUT2D eigenvalue weighted by Gasteiger charge is 2.21. The van der Waals surface area contributed by atoms with E-state index in [0.717, 1.165) is 54.5 Å². The molecule has 0 aliphatic carbocycles. The van der Waals surface area contributed by atoms with Gasteiger partial charge in [-0.2, -0.15) is 13.8 Å². The summed E-state index contributed by atoms with van der Waals surface area (Å²) in [6.45, 7) is 8.09. The predicted octanol–water partition coefficient (Wildman–Crippen LogP) is 3.25. The summed E-state index contributed by atoms with van der Waals surface area (Å²) in [6.07, 6.45) is 4.55. The zero-order valence-corrected chi connectivity index (χ0v) is 14.3. The van der Waals surface area contributed by atoms with E-state index in [1.165, 1.54) is 11.7 Å². The van der Waals surface area contributed by atoms with Crippen LogP contribution in [-0.4, -0.2) is 25.1 Å². The van der Waals surface area contributed by atoms with Gasteiger partial charge in [-0.25, -0.2) is 0 Å². The maximum atomic E-state index is 6.50. The molecule has 0 spiro atoms. The van der Waals surface area contributed by atoms with Crippen molar-refractivity contribution in [2.24, 2.45) is 0 Å². The van der Waals surface area contributed by atoms with Gasteiger partial charge in [0.15, 0.2) is 0 Å². The minimum Gasteiger partial charge on any atom is -0.308 e. The number of nitrogens with one attached hydrogen (secondary N) is 1. The van der Waals surface area contributed by atoms with Gasteiger partial charge in [0.2, 0.25) is 0 Å². The van der Waals surface area contributed by atoms with E-state index in [1.54, 1.807) is 0 Å². The van der Waals surface area contributed by atoms with Crippen LogP contribution < -0.4 is 5.32 Å². The first-order valence-corrected chi connectivity index (χ1v) is 8.56. The normalized spacial score (nSPS) is 12.8. The summed E-state index contributed by atoms with van der Waals surface area (Å²) < 4.78 is 10.5. The third-order valence-electron chi connectivity index (χ3n) is 3.47. The van der Waals surface area contributed by atoms with Crippen LogP contribution in [0.25, 0.3) is 0 Å². The fourth-order valence-corrected chi connectivity index (χ4v) is 3.15. The Morgan fingerprint density at radius 2 is 2.19 bits per heavy atom. The average Bonchev–Trinajstić information content (AvgIpc) is 3.12. The van der Waals surface area contributed by atoms with Gasteiger partial charge in [-0.05, 0) is 26.3 Å². The first-order chi connectivity index (χ1) is 10.2. The van der Waals surface area contributed by atoms with Crippen LogP contribution in [0.4, 0.5) is 0 Å². The van der Waals surface area contributed by atoms with Gasteiger partial charge in [0.1, 0.15) is 0 Å². The largest absolute Gasteiger partial charge is 0.308 e. The predicted molar refractivity (Wildman–Crippen MR) is 86.9 cm³/mol. The van der Waals surface area contributed by atoms with E-state index in [-0.39, 0.29) is 6.04 Å². The summed E-state index contributed by atoms with van der Waals surface area (Å²) >= 11 is 7.74. The minimum absolute atomic E-state index is 0.132. The van der Waals surface area contributed by atoms with Gasteiger partial charge in [0, 0.05) is 13.0 Å². The first kappa shape index (κ1) is 16.4. The summed E-state index contributed by atoms with van der Waals surface area (Å²) in [5, 5.41) is 8.91. The lowest BCUT2D eigenvalue weighted by atomic mass is 10.1. The van der Waals surface area contributed by atoms with E-state index in [4.69, 9.17) is 11.6 Å². The van der Waals surface area contributed by atoms with Crippen LogP contribution in [0.2, 0.25) is 5.02 Å². The highest BCUT2D eigenvalue weighted by molar-refractivity contribution is 6.99. The fourth-order valence-electron chi connectivity index (χ4n) is 2.33. The Morgan fingerprint density at radius 1 is 1.38 bits per heavy atom. The van der Waals surface area contributed by atoms with Crippen molar-refractivity contribution in [3.8, 4) is 0 Å². The molecule has 0 amide bonds. The van der Waals surface area contributed by atoms with Crippen LogP contribution in [0.15, 0.2) is 6.20 Å². The molecule has 2 aromatic rings. The van der Waals surface area contributed by atoms with Crippen LogP contribution in [0.3, 0.4) is 0 Å². The monoisotopic (exact) mass is 327 g/mol. The smallest absolute Gasteiger partial charge is 0.0916 e. The molecule has 2 rings (SSSR count). The molecule has 7 heteroatoms. The topological polar surface area (TPSA) is 55.6 Å². The molecule has 1 atom stereocenters. The lowest BCUT2D eigenvalue weighted by molar-refractivity contribution is 0.496. The van der Waals surface area contributed by atoms with Crippen LogP contribution in [-0.2, 0) is 19.4 Å². The average molecular weight is 328 g/mol. The molecule has 2 aromatic heterocycles. The molecule has 1 unspecified atom stereocenters. The zero-order valence-electron chi connectivity index (χ0n) is 12.8. The molecule has 0 aliphatic heterocycles. The van der Waals surface area contributed by atoms with Gasteiger partial charge >= 0.3 is 0 Å². The van der Waals surface area contributed by atoms with Crippen molar-refractivity contribution < 1.29 is 0 Å². The Balaban J connectivity index is 2.25. The van der Waals surface area contributed by atoms with E-state index >= 15 is 0 Å². The molecular formula is C14H22ClN5S.